The maximum Gasteiger partial charge on any atom is 0.312 e. The Hall–Kier alpha value is -3.90. The number of nitrogens with zero attached hydrogens (tertiary/aromatic N) is 3. The van der Waals surface area contributed by atoms with Gasteiger partial charge >= 0.3 is 11.9 Å². The van der Waals surface area contributed by atoms with Gasteiger partial charge in [0.05, 0.1) is 49.6 Å². The summed E-state index contributed by atoms with van der Waals surface area (Å²) in [6.07, 6.45) is -6.19. The van der Waals surface area contributed by atoms with E-state index in [0.717, 1.165) is 17.7 Å². The Kier molecular flexibility index (Phi) is 17.7. The number of carbonyl (C=O) groups excluding carboxylic acids is 2. The Labute approximate surface area is 364 Å². The third kappa shape index (κ3) is 12.2. The second kappa shape index (κ2) is 21.7. The van der Waals surface area contributed by atoms with Crippen molar-refractivity contribution in [1.29, 1.82) is 0 Å². The van der Waals surface area contributed by atoms with E-state index in [-0.39, 0.29) is 30.6 Å². The maximum atomic E-state index is 14.3. The molecule has 2 saturated heterocycles. The molecule has 0 amide bonds. The first kappa shape index (κ1) is 50.7. The largest absolute Gasteiger partial charge is 0.497 e. The molecule has 3 N–H and O–H groups in total. The Balaban J connectivity index is 1.90. The standard InChI is InChI=1S/C46H67F2N3O11/c1-13-36-46(8,56)41(54)27(4)38(50-49-24-30-14-16-34(57-11)17-15-30)25(2)23-45(7,58-12)42(62-44-39(53)35(51(9)10)18-26(3)59-44)28(5)40(29(6)43(55)60-36)61-37(52)21-31-19-32(47)22-33(48)20-31/h14-17,19-20,22,24-29,35-36,39-42,44,53-54,56H,13,18,21,23H2,1-12H3. The van der Waals surface area contributed by atoms with Crippen LogP contribution in [0.2, 0.25) is 0 Å². The number of ether oxygens (including phenoxy) is 6. The van der Waals surface area contributed by atoms with Crippen molar-refractivity contribution >= 4 is 23.9 Å². The summed E-state index contributed by atoms with van der Waals surface area (Å²) in [4.78, 5) is 30.0. The summed E-state index contributed by atoms with van der Waals surface area (Å²) in [5.74, 6) is -6.45. The average molecular weight is 876 g/mol. The predicted molar refractivity (Wildman–Crippen MR) is 229 cm³/mol. The van der Waals surface area contributed by atoms with Crippen LogP contribution in [0.25, 0.3) is 0 Å². The number of rotatable bonds is 11. The van der Waals surface area contributed by atoms with Crippen molar-refractivity contribution in [2.75, 3.05) is 28.3 Å². The molecule has 2 aromatic carbocycles. The lowest BCUT2D eigenvalue weighted by molar-refractivity contribution is -0.301. The van der Waals surface area contributed by atoms with Crippen LogP contribution in [0.4, 0.5) is 8.78 Å². The van der Waals surface area contributed by atoms with Crippen molar-refractivity contribution < 1.29 is 62.1 Å². The zero-order valence-corrected chi connectivity index (χ0v) is 38.1. The number of likely N-dealkylation sites (N-methyl/N-ethyl adjacent to an activating group) is 1. The second-order valence-electron chi connectivity index (χ2n) is 17.6. The summed E-state index contributed by atoms with van der Waals surface area (Å²) in [6, 6.07) is 9.52. The van der Waals surface area contributed by atoms with Crippen LogP contribution in [0.15, 0.2) is 52.7 Å². The number of hydrogen-bond donors (Lipinski definition) is 3. The summed E-state index contributed by atoms with van der Waals surface area (Å²) in [5, 5.41) is 44.8. The lowest BCUT2D eigenvalue weighted by atomic mass is 9.73. The molecule has 2 heterocycles. The number of esters is 2. The van der Waals surface area contributed by atoms with Crippen molar-refractivity contribution in [1.82, 2.24) is 4.90 Å². The van der Waals surface area contributed by atoms with Gasteiger partial charge in [-0.15, -0.1) is 0 Å². The van der Waals surface area contributed by atoms with E-state index in [1.54, 1.807) is 65.3 Å². The van der Waals surface area contributed by atoms with E-state index < -0.39 is 102 Å². The molecule has 14 atom stereocenters. The number of methoxy groups -OCH3 is 2. The van der Waals surface area contributed by atoms with Crippen LogP contribution in [0.1, 0.15) is 85.8 Å². The van der Waals surface area contributed by atoms with Crippen LogP contribution < -0.4 is 4.74 Å². The van der Waals surface area contributed by atoms with Gasteiger partial charge < -0.3 is 48.6 Å². The third-order valence-corrected chi connectivity index (χ3v) is 12.6. The van der Waals surface area contributed by atoms with Gasteiger partial charge in [0.2, 0.25) is 0 Å². The second-order valence-corrected chi connectivity index (χ2v) is 17.6. The van der Waals surface area contributed by atoms with Crippen molar-refractivity contribution in [2.24, 2.45) is 33.9 Å². The fourth-order valence-corrected chi connectivity index (χ4v) is 8.91. The molecule has 14 nitrogen and oxygen atoms in total. The van der Waals surface area contributed by atoms with E-state index in [4.69, 9.17) is 28.4 Å². The van der Waals surface area contributed by atoms with E-state index in [1.165, 1.54) is 21.0 Å². The zero-order chi connectivity index (χ0) is 46.3. The van der Waals surface area contributed by atoms with Gasteiger partial charge in [0.25, 0.3) is 0 Å². The number of carbonyl (C=O) groups is 2. The van der Waals surface area contributed by atoms with Gasteiger partial charge in [0.15, 0.2) is 6.29 Å². The highest BCUT2D eigenvalue weighted by atomic mass is 19.1. The number of cyclic esters (lactones) is 1. The lowest BCUT2D eigenvalue weighted by Gasteiger charge is -2.48. The highest BCUT2D eigenvalue weighted by molar-refractivity contribution is 5.90. The molecule has 2 fully saturated rings. The fraction of sp³-hybridized carbons (Fsp3) is 0.652. The van der Waals surface area contributed by atoms with Crippen LogP contribution in [0.5, 0.6) is 5.75 Å². The van der Waals surface area contributed by atoms with Crippen LogP contribution in [-0.2, 0) is 39.7 Å². The molecular formula is C46H67F2N3O11. The van der Waals surface area contributed by atoms with Crippen LogP contribution in [0, 0.1) is 35.3 Å². The summed E-state index contributed by atoms with van der Waals surface area (Å²) < 4.78 is 65.2. The van der Waals surface area contributed by atoms with Crippen molar-refractivity contribution in [2.45, 2.75) is 141 Å². The van der Waals surface area contributed by atoms with Gasteiger partial charge in [0, 0.05) is 36.8 Å². The molecule has 14 unspecified atom stereocenters. The van der Waals surface area contributed by atoms with Gasteiger partial charge in [-0.05, 0) is 114 Å². The van der Waals surface area contributed by atoms with Crippen LogP contribution in [-0.4, -0.2) is 133 Å². The molecule has 4 rings (SSSR count). The molecule has 2 aromatic rings. The molecule has 0 spiro atoms. The van der Waals surface area contributed by atoms with Gasteiger partial charge in [0.1, 0.15) is 41.3 Å². The highest BCUT2D eigenvalue weighted by Gasteiger charge is 2.52. The Morgan fingerprint density at radius 2 is 1.63 bits per heavy atom. The molecule has 0 aliphatic carbocycles. The number of halogens is 2. The normalized spacial score (nSPS) is 36.0. The molecule has 0 bridgehead atoms. The lowest BCUT2D eigenvalue weighted by Crippen LogP contribution is -2.60. The number of aliphatic hydroxyl groups is 3. The molecule has 0 radical (unpaired) electrons. The van der Waals surface area contributed by atoms with Gasteiger partial charge in [-0.1, -0.05) is 27.7 Å². The van der Waals surface area contributed by atoms with Crippen LogP contribution >= 0.6 is 0 Å². The minimum atomic E-state index is -2.02. The minimum Gasteiger partial charge on any atom is -0.497 e. The van der Waals surface area contributed by atoms with Gasteiger partial charge in [-0.3, -0.25) is 9.59 Å². The predicted octanol–water partition coefficient (Wildman–Crippen LogP) is 5.50. The zero-order valence-electron chi connectivity index (χ0n) is 38.1. The van der Waals surface area contributed by atoms with Gasteiger partial charge in [-0.25, -0.2) is 8.78 Å². The first-order chi connectivity index (χ1) is 29.1. The minimum absolute atomic E-state index is 0.00809. The number of benzene rings is 2. The molecule has 0 aromatic heterocycles. The molecule has 0 saturated carbocycles. The molecule has 2 aliphatic rings. The quantitative estimate of drug-likeness (QED) is 0.147. The SMILES string of the molecule is CCC1OC(=O)C(C)C(OC(=O)Cc2cc(F)cc(F)c2)C(C)C(OC2OC(C)CC(N(C)C)C2O)C(C)(OC)CC(C)C(=NN=Cc2ccc(OC)cc2)C(C)C(O)C1(C)O. The maximum absolute atomic E-state index is 14.3. The molecule has 2 aliphatic heterocycles. The van der Waals surface area contributed by atoms with E-state index in [1.807, 2.05) is 32.8 Å². The van der Waals surface area contributed by atoms with E-state index in [0.29, 0.717) is 23.9 Å². The number of aliphatic hydroxyl groups excluding tert-OH is 2. The summed E-state index contributed by atoms with van der Waals surface area (Å²) in [7, 11) is 6.73. The Morgan fingerprint density at radius 3 is 2.19 bits per heavy atom. The average Bonchev–Trinajstić information content (AvgIpc) is 3.21. The van der Waals surface area contributed by atoms with Crippen molar-refractivity contribution in [3.63, 3.8) is 0 Å². The van der Waals surface area contributed by atoms with Crippen molar-refractivity contribution in [3.8, 4) is 5.75 Å². The van der Waals surface area contributed by atoms with E-state index in [9.17, 15) is 33.7 Å². The smallest absolute Gasteiger partial charge is 0.312 e. The molecular weight excluding hydrogens is 809 g/mol. The highest BCUT2D eigenvalue weighted by Crippen LogP contribution is 2.40. The van der Waals surface area contributed by atoms with E-state index >= 15 is 0 Å². The topological polar surface area (TPSA) is 178 Å². The van der Waals surface area contributed by atoms with E-state index in [2.05, 4.69) is 10.2 Å². The molecule has 346 valence electrons. The molecule has 62 heavy (non-hydrogen) atoms. The number of hydrogen-bond acceptors (Lipinski definition) is 14. The summed E-state index contributed by atoms with van der Waals surface area (Å²) in [5.41, 5.74) is -2.25. The summed E-state index contributed by atoms with van der Waals surface area (Å²) in [6.45, 7) is 13.5. The first-order valence-electron chi connectivity index (χ1n) is 21.3. The monoisotopic (exact) mass is 875 g/mol. The van der Waals surface area contributed by atoms with Gasteiger partial charge in [-0.2, -0.15) is 10.2 Å². The Bertz CT molecular complexity index is 1840. The molecule has 16 heteroatoms. The first-order valence-corrected chi connectivity index (χ1v) is 21.3. The van der Waals surface area contributed by atoms with Crippen molar-refractivity contribution in [3.05, 3.63) is 65.2 Å². The van der Waals surface area contributed by atoms with Crippen LogP contribution in [0.3, 0.4) is 0 Å². The third-order valence-electron chi connectivity index (χ3n) is 12.6. The summed E-state index contributed by atoms with van der Waals surface area (Å²) >= 11 is 0. The fourth-order valence-electron chi connectivity index (χ4n) is 8.91. The Morgan fingerprint density at radius 1 is 1.00 bits per heavy atom.